The molecule has 0 amide bonds. The second kappa shape index (κ2) is 55.1. The number of hydrogen-bond acceptors (Lipinski definition) is 0. The van der Waals surface area contributed by atoms with Crippen LogP contribution in [0.3, 0.4) is 0 Å². The van der Waals surface area contributed by atoms with Crippen molar-refractivity contribution in [1.29, 1.82) is 0 Å². The largest absolute Gasteiger partial charge is 1.00 e. The molecule has 0 bridgehead atoms. The molecule has 0 aromatic heterocycles. The molecule has 0 aliphatic carbocycles. The molecule has 18 heavy (non-hydrogen) atoms. The Morgan fingerprint density at radius 3 is 1.61 bits per heavy atom. The molecule has 0 saturated carbocycles. The molecule has 1 heteroatoms. The van der Waals surface area contributed by atoms with Crippen LogP contribution in [-0.2, 0) is 0 Å². The number of hydrogen-bond donors (Lipinski definition) is 0. The monoisotopic (exact) mass is 248 g/mol. The van der Waals surface area contributed by atoms with Crippen molar-refractivity contribution in [2.45, 2.75) is 55.9 Å². The van der Waals surface area contributed by atoms with Crippen molar-refractivity contribution in [1.82, 2.24) is 0 Å². The van der Waals surface area contributed by atoms with Gasteiger partial charge >= 0.3 is 18.9 Å². The fourth-order valence-electron chi connectivity index (χ4n) is 0.595. The van der Waals surface area contributed by atoms with Gasteiger partial charge in [0, 0.05) is 0 Å². The normalized spacial score (nSPS) is 6.06. The molecule has 0 spiro atoms. The average molecular weight is 248 g/mol. The molecule has 0 aliphatic rings. The topological polar surface area (TPSA) is 0 Å². The van der Waals surface area contributed by atoms with Crippen LogP contribution < -0.4 is 18.9 Å². The van der Waals surface area contributed by atoms with Crippen LogP contribution in [0.2, 0.25) is 0 Å². The molecule has 0 nitrogen and oxygen atoms in total. The molecule has 0 aliphatic heterocycles. The van der Waals surface area contributed by atoms with Gasteiger partial charge in [0.05, 0.1) is 0 Å². The summed E-state index contributed by atoms with van der Waals surface area (Å²) in [6.45, 7) is 12.5. The van der Waals surface area contributed by atoms with Crippen LogP contribution >= 0.6 is 0 Å². The first-order chi connectivity index (χ1) is 6.33. The Morgan fingerprint density at radius 2 is 1.33 bits per heavy atom. The van der Waals surface area contributed by atoms with Crippen LogP contribution in [0.25, 0.3) is 0 Å². The zero-order chi connectivity index (χ0) is 10.4. The van der Waals surface area contributed by atoms with Gasteiger partial charge in [0.2, 0.25) is 0 Å². The van der Waals surface area contributed by atoms with Gasteiger partial charge < -0.3 is 0 Å². The van der Waals surface area contributed by atoms with Crippen molar-refractivity contribution in [2.75, 3.05) is 0 Å². The Hall–Kier alpha value is -0.573. The first kappa shape index (κ1) is 43.3. The minimum absolute atomic E-state index is 0. The standard InChI is InChI=1S/C9H15.C4H6.4CH4.Li/c1-3-5-7-9-8-6-4-2;1-3-4-2;;;;;/h3,5-6,8H,1,4,7,9H2,2H3;3-4H,1-2H2;4*1H4;/q-1;;;;;;+1. The quantitative estimate of drug-likeness (QED) is 0.219. The van der Waals surface area contributed by atoms with Gasteiger partial charge in [-0.25, -0.2) is 19.1 Å². The van der Waals surface area contributed by atoms with E-state index in [0.717, 1.165) is 19.3 Å². The second-order valence-electron chi connectivity index (χ2n) is 2.40. The van der Waals surface area contributed by atoms with E-state index in [4.69, 9.17) is 0 Å². The molecule has 0 aromatic rings. The van der Waals surface area contributed by atoms with Crippen LogP contribution in [0.15, 0.2) is 50.1 Å². The Morgan fingerprint density at radius 1 is 0.889 bits per heavy atom. The molecule has 0 N–H and O–H groups in total. The van der Waals surface area contributed by atoms with Crippen molar-refractivity contribution in [2.24, 2.45) is 0 Å². The SMILES string of the molecule is C.C.C.C.C=CC=C.C=C[CH-]CCC=CCC.[Li+]. The molecule has 0 unspecified atom stereocenters. The molecule has 0 radical (unpaired) electrons. The van der Waals surface area contributed by atoms with E-state index in [0.29, 0.717) is 0 Å². The van der Waals surface area contributed by atoms with E-state index in [1.54, 1.807) is 12.2 Å². The predicted molar refractivity (Wildman–Crippen MR) is 90.5 cm³/mol. The van der Waals surface area contributed by atoms with Gasteiger partial charge in [0.25, 0.3) is 0 Å². The Bertz CT molecular complexity index is 140. The van der Waals surface area contributed by atoms with Gasteiger partial charge in [-0.05, 0) is 12.8 Å². The summed E-state index contributed by atoms with van der Waals surface area (Å²) < 4.78 is 0. The Kier molecular flexibility index (Phi) is 132. The van der Waals surface area contributed by atoms with Crippen molar-refractivity contribution >= 4 is 0 Å². The minimum Gasteiger partial charge on any atom is -0.245 e. The first-order valence-corrected chi connectivity index (χ1v) is 4.66. The molecule has 0 rings (SSSR count). The number of rotatable bonds is 6. The molecule has 0 heterocycles. The van der Waals surface area contributed by atoms with E-state index in [1.165, 1.54) is 0 Å². The second-order valence-corrected chi connectivity index (χ2v) is 2.40. The van der Waals surface area contributed by atoms with Crippen molar-refractivity contribution in [3.05, 3.63) is 56.5 Å². The summed E-state index contributed by atoms with van der Waals surface area (Å²) in [4.78, 5) is 0. The third kappa shape index (κ3) is 77.7. The van der Waals surface area contributed by atoms with E-state index in [-0.39, 0.29) is 48.6 Å². The zero-order valence-corrected chi connectivity index (χ0v) is 9.71. The maximum atomic E-state index is 3.60. The summed E-state index contributed by atoms with van der Waals surface area (Å²) in [7, 11) is 0. The molecule has 0 fully saturated rings. The molecular weight excluding hydrogens is 211 g/mol. The summed E-state index contributed by atoms with van der Waals surface area (Å²) in [5.74, 6) is 0. The van der Waals surface area contributed by atoms with E-state index in [9.17, 15) is 0 Å². The summed E-state index contributed by atoms with van der Waals surface area (Å²) >= 11 is 0. The Balaban J connectivity index is -0.0000000243. The number of allylic oxidation sites excluding steroid dienone is 5. The van der Waals surface area contributed by atoms with E-state index >= 15 is 0 Å². The van der Waals surface area contributed by atoms with Crippen LogP contribution in [0.1, 0.15) is 55.9 Å². The molecule has 0 aromatic carbocycles. The van der Waals surface area contributed by atoms with Gasteiger partial charge in [-0.3, -0.25) is 0 Å². The van der Waals surface area contributed by atoms with Crippen LogP contribution in [0, 0.1) is 6.42 Å². The molecule has 0 saturated heterocycles. The molecule has 0 atom stereocenters. The summed E-state index contributed by atoms with van der Waals surface area (Å²) in [6, 6.07) is 0. The van der Waals surface area contributed by atoms with E-state index in [1.807, 2.05) is 6.08 Å². The smallest absolute Gasteiger partial charge is 0.245 e. The van der Waals surface area contributed by atoms with E-state index in [2.05, 4.69) is 45.2 Å². The van der Waals surface area contributed by atoms with Gasteiger partial charge in [-0.2, -0.15) is 0 Å². The molecular formula is C17H37Li. The van der Waals surface area contributed by atoms with Gasteiger partial charge in [0.15, 0.2) is 0 Å². The molecule has 106 valence electrons. The van der Waals surface area contributed by atoms with Crippen molar-refractivity contribution in [3.63, 3.8) is 0 Å². The zero-order valence-electron chi connectivity index (χ0n) is 9.71. The minimum atomic E-state index is 0. The summed E-state index contributed by atoms with van der Waals surface area (Å²) in [5.41, 5.74) is 0. The average Bonchev–Trinajstić information content (AvgIpc) is 2.18. The maximum absolute atomic E-state index is 3.60. The summed E-state index contributed by atoms with van der Waals surface area (Å²) in [5, 5.41) is 0. The van der Waals surface area contributed by atoms with Crippen molar-refractivity contribution in [3.8, 4) is 0 Å². The summed E-state index contributed by atoms with van der Waals surface area (Å²) in [6.07, 6.45) is 15.0. The van der Waals surface area contributed by atoms with Crippen LogP contribution in [0.4, 0.5) is 0 Å². The van der Waals surface area contributed by atoms with Crippen molar-refractivity contribution < 1.29 is 18.9 Å². The van der Waals surface area contributed by atoms with Gasteiger partial charge in [-0.1, -0.05) is 80.5 Å². The fourth-order valence-corrected chi connectivity index (χ4v) is 0.595. The van der Waals surface area contributed by atoms with Crippen LogP contribution in [-0.4, -0.2) is 0 Å². The van der Waals surface area contributed by atoms with Gasteiger partial charge in [-0.15, -0.1) is 0 Å². The third-order valence-corrected chi connectivity index (χ3v) is 1.24. The van der Waals surface area contributed by atoms with E-state index < -0.39 is 0 Å². The fraction of sp³-hybridized carbons (Fsp3) is 0.471. The first-order valence-electron chi connectivity index (χ1n) is 4.66. The number of unbranched alkanes of at least 4 members (excludes halogenated alkanes) is 2. The van der Waals surface area contributed by atoms with Gasteiger partial charge in [0.1, 0.15) is 0 Å². The third-order valence-electron chi connectivity index (χ3n) is 1.24. The predicted octanol–water partition coefficient (Wildman–Crippen LogP) is 4.03. The van der Waals surface area contributed by atoms with Crippen LogP contribution in [0.5, 0.6) is 0 Å². The Labute approximate surface area is 131 Å². The maximum Gasteiger partial charge on any atom is 1.00 e.